The second kappa shape index (κ2) is 4.91. The number of aromatic nitrogens is 4. The highest BCUT2D eigenvalue weighted by Gasteiger charge is 2.34. The molecule has 0 spiro atoms. The summed E-state index contributed by atoms with van der Waals surface area (Å²) in [4.78, 5) is 19.9. The van der Waals surface area contributed by atoms with Gasteiger partial charge in [-0.15, -0.1) is 0 Å². The van der Waals surface area contributed by atoms with E-state index in [4.69, 9.17) is 5.10 Å². The highest BCUT2D eigenvalue weighted by Crippen LogP contribution is 2.42. The highest BCUT2D eigenvalue weighted by molar-refractivity contribution is 5.78. The first-order valence-corrected chi connectivity index (χ1v) is 8.28. The van der Waals surface area contributed by atoms with Crippen LogP contribution in [0.1, 0.15) is 63.0 Å². The normalized spacial score (nSPS) is 29.1. The minimum absolute atomic E-state index is 0.0364. The molecule has 3 heterocycles. The number of piperidine rings is 1. The van der Waals surface area contributed by atoms with Crippen molar-refractivity contribution in [2.24, 2.45) is 0 Å². The Bertz CT molecular complexity index is 763. The van der Waals surface area contributed by atoms with E-state index in [1.165, 1.54) is 0 Å². The van der Waals surface area contributed by atoms with Crippen molar-refractivity contribution in [3.8, 4) is 0 Å². The Hall–Kier alpha value is -1.69. The lowest BCUT2D eigenvalue weighted by atomic mass is 9.95. The Balaban J connectivity index is 1.88. The van der Waals surface area contributed by atoms with E-state index in [0.717, 1.165) is 37.0 Å². The van der Waals surface area contributed by atoms with Gasteiger partial charge in [-0.1, -0.05) is 0 Å². The number of rotatable bonds is 2. The zero-order valence-electron chi connectivity index (χ0n) is 13.4. The number of H-pyrrole nitrogens is 1. The fourth-order valence-electron chi connectivity index (χ4n) is 3.81. The summed E-state index contributed by atoms with van der Waals surface area (Å²) < 4.78 is 2.04. The molecular weight excluding hydrogens is 278 g/mol. The molecular formula is C16H23N5O. The Kier molecular flexibility index (Phi) is 3.11. The van der Waals surface area contributed by atoms with Crippen LogP contribution in [0.3, 0.4) is 0 Å². The predicted molar refractivity (Wildman–Crippen MR) is 85.2 cm³/mol. The summed E-state index contributed by atoms with van der Waals surface area (Å²) in [5.41, 5.74) is 1.70. The largest absolute Gasteiger partial charge is 0.312 e. The van der Waals surface area contributed by atoms with Crippen molar-refractivity contribution in [1.82, 2.24) is 25.1 Å². The van der Waals surface area contributed by atoms with Gasteiger partial charge in [-0.25, -0.2) is 9.67 Å². The van der Waals surface area contributed by atoms with Crippen LogP contribution in [-0.2, 0) is 0 Å². The molecule has 6 nitrogen and oxygen atoms in total. The fraction of sp³-hybridized carbons (Fsp3) is 0.688. The minimum atomic E-state index is -0.0364. The van der Waals surface area contributed by atoms with Crippen LogP contribution in [0.2, 0.25) is 0 Å². The van der Waals surface area contributed by atoms with Gasteiger partial charge in [0.05, 0.1) is 11.7 Å². The molecule has 2 aliphatic rings. The maximum absolute atomic E-state index is 12.4. The summed E-state index contributed by atoms with van der Waals surface area (Å²) in [6.45, 7) is 6.26. The number of nitrogens with one attached hydrogen (secondary N) is 2. The summed E-state index contributed by atoms with van der Waals surface area (Å²) in [5, 5.41) is 9.13. The van der Waals surface area contributed by atoms with Gasteiger partial charge < -0.3 is 10.3 Å². The van der Waals surface area contributed by atoms with E-state index in [0.29, 0.717) is 35.3 Å². The highest BCUT2D eigenvalue weighted by atomic mass is 16.1. The van der Waals surface area contributed by atoms with Crippen molar-refractivity contribution >= 4 is 11.0 Å². The zero-order valence-corrected chi connectivity index (χ0v) is 13.4. The Labute approximate surface area is 129 Å². The van der Waals surface area contributed by atoms with Gasteiger partial charge in [-0.3, -0.25) is 4.79 Å². The van der Waals surface area contributed by atoms with E-state index in [1.807, 2.05) is 11.6 Å². The molecule has 0 aromatic carbocycles. The van der Waals surface area contributed by atoms with Crippen LogP contribution in [0.5, 0.6) is 0 Å². The number of hydrogen-bond acceptors (Lipinski definition) is 4. The van der Waals surface area contributed by atoms with E-state index in [2.05, 4.69) is 29.1 Å². The average Bonchev–Trinajstić information content (AvgIpc) is 3.19. The molecule has 0 radical (unpaired) electrons. The minimum Gasteiger partial charge on any atom is -0.312 e. The third-order valence-corrected chi connectivity index (χ3v) is 4.84. The van der Waals surface area contributed by atoms with Crippen LogP contribution < -0.4 is 10.9 Å². The monoisotopic (exact) mass is 301 g/mol. The molecule has 2 unspecified atom stereocenters. The molecule has 1 aliphatic carbocycles. The summed E-state index contributed by atoms with van der Waals surface area (Å²) in [6, 6.07) is 1.23. The van der Waals surface area contributed by atoms with Gasteiger partial charge in [-0.2, -0.15) is 5.10 Å². The van der Waals surface area contributed by atoms with Gasteiger partial charge >= 0.3 is 0 Å². The molecule has 2 aromatic rings. The molecule has 6 heteroatoms. The lowest BCUT2D eigenvalue weighted by Crippen LogP contribution is -2.43. The smallest absolute Gasteiger partial charge is 0.262 e. The van der Waals surface area contributed by atoms with Gasteiger partial charge in [0.2, 0.25) is 0 Å². The predicted octanol–water partition coefficient (Wildman–Crippen LogP) is 2.01. The average molecular weight is 301 g/mol. The number of hydrogen-bond donors (Lipinski definition) is 2. The molecule has 1 aliphatic heterocycles. The van der Waals surface area contributed by atoms with Gasteiger partial charge in [0, 0.05) is 18.0 Å². The fourth-order valence-corrected chi connectivity index (χ4v) is 3.81. The molecule has 0 amide bonds. The van der Waals surface area contributed by atoms with Crippen molar-refractivity contribution in [3.63, 3.8) is 0 Å². The zero-order chi connectivity index (χ0) is 15.4. The van der Waals surface area contributed by atoms with Crippen molar-refractivity contribution in [2.45, 2.75) is 70.5 Å². The van der Waals surface area contributed by atoms with E-state index in [1.54, 1.807) is 0 Å². The molecule has 2 N–H and O–H groups in total. The first kappa shape index (κ1) is 13.9. The van der Waals surface area contributed by atoms with Gasteiger partial charge in [-0.05, 0) is 46.5 Å². The number of aryl methyl sites for hydroxylation is 1. The van der Waals surface area contributed by atoms with Crippen molar-refractivity contribution < 1.29 is 0 Å². The topological polar surface area (TPSA) is 75.6 Å². The molecule has 22 heavy (non-hydrogen) atoms. The van der Waals surface area contributed by atoms with Crippen molar-refractivity contribution in [2.75, 3.05) is 0 Å². The first-order chi connectivity index (χ1) is 10.5. The maximum Gasteiger partial charge on any atom is 0.262 e. The number of fused-ring (bicyclic) bond motifs is 1. The lowest BCUT2D eigenvalue weighted by Gasteiger charge is -2.33. The molecule has 1 saturated heterocycles. The van der Waals surface area contributed by atoms with Gasteiger partial charge in [0.15, 0.2) is 5.65 Å². The summed E-state index contributed by atoms with van der Waals surface area (Å²) in [7, 11) is 0. The standard InChI is InChI=1S/C16H23N5O/c1-8-6-12(7-9(2)17-8)21-15-13(14(20-21)11-4-5-11)16(22)19-10(3)18-15/h8-9,11-12,17H,4-7H2,1-3H3,(H,18,19,22). The quantitative estimate of drug-likeness (QED) is 0.889. The maximum atomic E-state index is 12.4. The third kappa shape index (κ3) is 2.26. The van der Waals surface area contributed by atoms with Crippen LogP contribution in [0.4, 0.5) is 0 Å². The molecule has 1 saturated carbocycles. The lowest BCUT2D eigenvalue weighted by molar-refractivity contribution is 0.253. The van der Waals surface area contributed by atoms with Gasteiger partial charge in [0.1, 0.15) is 11.2 Å². The third-order valence-electron chi connectivity index (χ3n) is 4.84. The van der Waals surface area contributed by atoms with E-state index in [-0.39, 0.29) is 5.56 Å². The van der Waals surface area contributed by atoms with E-state index >= 15 is 0 Å². The van der Waals surface area contributed by atoms with Crippen molar-refractivity contribution in [1.29, 1.82) is 0 Å². The summed E-state index contributed by atoms with van der Waals surface area (Å²) in [5.74, 6) is 1.11. The van der Waals surface area contributed by atoms with Crippen LogP contribution in [0.15, 0.2) is 4.79 Å². The van der Waals surface area contributed by atoms with E-state index < -0.39 is 0 Å². The molecule has 118 valence electrons. The number of nitrogens with zero attached hydrogens (tertiary/aromatic N) is 3. The Morgan fingerprint density at radius 1 is 1.18 bits per heavy atom. The molecule has 4 rings (SSSR count). The molecule has 0 bridgehead atoms. The SMILES string of the molecule is Cc1nc2c(c(C3CC3)nn2C2CC(C)NC(C)C2)c(=O)[nH]1. The second-order valence-corrected chi connectivity index (χ2v) is 7.05. The first-order valence-electron chi connectivity index (χ1n) is 8.28. The summed E-state index contributed by atoms with van der Waals surface area (Å²) >= 11 is 0. The van der Waals surface area contributed by atoms with Crippen LogP contribution in [0.25, 0.3) is 11.0 Å². The second-order valence-electron chi connectivity index (χ2n) is 7.05. The van der Waals surface area contributed by atoms with Crippen LogP contribution in [0, 0.1) is 6.92 Å². The van der Waals surface area contributed by atoms with Crippen LogP contribution in [-0.4, -0.2) is 31.8 Å². The van der Waals surface area contributed by atoms with E-state index in [9.17, 15) is 4.79 Å². The van der Waals surface area contributed by atoms with Crippen molar-refractivity contribution in [3.05, 3.63) is 21.9 Å². The Morgan fingerprint density at radius 2 is 1.86 bits per heavy atom. The Morgan fingerprint density at radius 3 is 2.50 bits per heavy atom. The number of aromatic amines is 1. The van der Waals surface area contributed by atoms with Crippen LogP contribution >= 0.6 is 0 Å². The molecule has 2 fully saturated rings. The summed E-state index contributed by atoms with van der Waals surface area (Å²) in [6.07, 6.45) is 4.33. The molecule has 2 atom stereocenters. The molecule has 2 aromatic heterocycles. The van der Waals surface area contributed by atoms with Gasteiger partial charge in [0.25, 0.3) is 5.56 Å².